The van der Waals surface area contributed by atoms with Gasteiger partial charge in [-0.15, -0.1) is 0 Å². The van der Waals surface area contributed by atoms with E-state index >= 15 is 0 Å². The van der Waals surface area contributed by atoms with Crippen LogP contribution in [0.1, 0.15) is 42.9 Å². The molecule has 0 atom stereocenters. The first-order valence-corrected chi connectivity index (χ1v) is 14.0. The maximum atomic E-state index is 13.5. The highest BCUT2D eigenvalue weighted by Crippen LogP contribution is 2.29. The molecule has 1 fully saturated rings. The molecule has 0 saturated carbocycles. The number of carbonyl (C=O) groups is 1. The molecule has 1 aliphatic heterocycles. The number of hydrogen-bond acceptors (Lipinski definition) is 7. The van der Waals surface area contributed by atoms with Crippen LogP contribution in [0.4, 0.5) is 5.82 Å². The lowest BCUT2D eigenvalue weighted by atomic mass is 10.1. The number of methoxy groups -OCH3 is 2. The third-order valence-corrected chi connectivity index (χ3v) is 7.41. The minimum absolute atomic E-state index is 0.0550. The zero-order valence-corrected chi connectivity index (χ0v) is 24.2. The second kappa shape index (κ2) is 12.1. The molecule has 0 unspecified atom stereocenters. The van der Waals surface area contributed by atoms with E-state index < -0.39 is 0 Å². The van der Waals surface area contributed by atoms with Gasteiger partial charge >= 0.3 is 0 Å². The van der Waals surface area contributed by atoms with E-state index in [1.807, 2.05) is 40.0 Å². The van der Waals surface area contributed by atoms with E-state index in [0.717, 1.165) is 54.2 Å². The lowest BCUT2D eigenvalue weighted by Gasteiger charge is -2.24. The third kappa shape index (κ3) is 5.84. The maximum absolute atomic E-state index is 13.5. The van der Waals surface area contributed by atoms with Crippen LogP contribution in [0.3, 0.4) is 0 Å². The van der Waals surface area contributed by atoms with Crippen molar-refractivity contribution >= 4 is 34.4 Å². The van der Waals surface area contributed by atoms with Crippen LogP contribution in [0.2, 0.25) is 5.02 Å². The molecular weight excluding hydrogens is 528 g/mol. The summed E-state index contributed by atoms with van der Waals surface area (Å²) in [6, 6.07) is 12.9. The lowest BCUT2D eigenvalue weighted by Crippen LogP contribution is -2.35. The number of aryl methyl sites for hydroxylation is 1. The molecule has 10 heteroatoms. The van der Waals surface area contributed by atoms with E-state index in [9.17, 15) is 4.79 Å². The number of rotatable bonds is 8. The Kier molecular flexibility index (Phi) is 8.40. The van der Waals surface area contributed by atoms with E-state index in [1.165, 1.54) is 0 Å². The van der Waals surface area contributed by atoms with Gasteiger partial charge in [0.2, 0.25) is 0 Å². The van der Waals surface area contributed by atoms with Crippen molar-refractivity contribution in [2.75, 3.05) is 45.3 Å². The molecule has 210 valence electrons. The van der Waals surface area contributed by atoms with Crippen molar-refractivity contribution in [2.45, 2.75) is 33.1 Å². The van der Waals surface area contributed by atoms with Crippen molar-refractivity contribution in [1.29, 1.82) is 0 Å². The van der Waals surface area contributed by atoms with Crippen molar-refractivity contribution in [3.8, 4) is 17.2 Å². The van der Waals surface area contributed by atoms with Gasteiger partial charge in [-0.1, -0.05) is 31.5 Å². The fourth-order valence-electron chi connectivity index (χ4n) is 4.98. The number of hydrogen-bond donors (Lipinski definition) is 0. The molecule has 0 N–H and O–H groups in total. The minimum atomic E-state index is -0.0550. The smallest absolute Gasteiger partial charge is 0.257 e. The van der Waals surface area contributed by atoms with Crippen LogP contribution < -0.4 is 14.4 Å². The number of benzene rings is 2. The van der Waals surface area contributed by atoms with Gasteiger partial charge in [-0.05, 0) is 49.1 Å². The monoisotopic (exact) mass is 562 g/mol. The minimum Gasteiger partial charge on any atom is -0.497 e. The third-order valence-electron chi connectivity index (χ3n) is 7.17. The number of halogens is 1. The second-order valence-electron chi connectivity index (χ2n) is 10.4. The summed E-state index contributed by atoms with van der Waals surface area (Å²) in [7, 11) is 3.16. The molecule has 0 aliphatic carbocycles. The zero-order chi connectivity index (χ0) is 28.2. The number of aromatic nitrogens is 4. The molecule has 4 aromatic rings. The first-order chi connectivity index (χ1) is 19.4. The van der Waals surface area contributed by atoms with E-state index in [0.29, 0.717) is 47.6 Å². The molecule has 0 spiro atoms. The molecule has 1 aliphatic rings. The Morgan fingerprint density at radius 3 is 2.62 bits per heavy atom. The van der Waals surface area contributed by atoms with Crippen LogP contribution in [-0.2, 0) is 6.42 Å². The van der Waals surface area contributed by atoms with Crippen LogP contribution in [0.25, 0.3) is 16.7 Å². The van der Waals surface area contributed by atoms with Crippen molar-refractivity contribution in [3.63, 3.8) is 0 Å². The number of anilines is 1. The van der Waals surface area contributed by atoms with Crippen molar-refractivity contribution in [3.05, 3.63) is 65.1 Å². The summed E-state index contributed by atoms with van der Waals surface area (Å²) in [4.78, 5) is 27.6. The van der Waals surface area contributed by atoms with Gasteiger partial charge in [-0.25, -0.2) is 14.6 Å². The van der Waals surface area contributed by atoms with Gasteiger partial charge in [-0.3, -0.25) is 4.79 Å². The summed E-state index contributed by atoms with van der Waals surface area (Å²) in [5.41, 5.74) is 2.13. The van der Waals surface area contributed by atoms with Gasteiger partial charge in [0.25, 0.3) is 5.91 Å². The Hall–Kier alpha value is -3.85. The van der Waals surface area contributed by atoms with Gasteiger partial charge in [0.15, 0.2) is 5.65 Å². The molecule has 2 aromatic carbocycles. The lowest BCUT2D eigenvalue weighted by molar-refractivity contribution is 0.0763. The van der Waals surface area contributed by atoms with E-state index in [4.69, 9.17) is 31.0 Å². The fraction of sp³-hybridized carbons (Fsp3) is 0.400. The maximum Gasteiger partial charge on any atom is 0.257 e. The van der Waals surface area contributed by atoms with E-state index in [2.05, 4.69) is 23.8 Å². The van der Waals surface area contributed by atoms with Crippen LogP contribution in [0.5, 0.6) is 11.5 Å². The summed E-state index contributed by atoms with van der Waals surface area (Å²) in [5.74, 6) is 3.28. The van der Waals surface area contributed by atoms with Crippen molar-refractivity contribution < 1.29 is 14.3 Å². The summed E-state index contributed by atoms with van der Waals surface area (Å²) < 4.78 is 12.6. The van der Waals surface area contributed by atoms with Gasteiger partial charge in [0.1, 0.15) is 23.1 Å². The Morgan fingerprint density at radius 2 is 1.88 bits per heavy atom. The number of ether oxygens (including phenoxy) is 2. The van der Waals surface area contributed by atoms with Crippen LogP contribution >= 0.6 is 11.6 Å². The average Bonchev–Trinajstić information content (AvgIpc) is 3.24. The molecule has 0 radical (unpaired) electrons. The predicted molar refractivity (Wildman–Crippen MR) is 157 cm³/mol. The number of carbonyl (C=O) groups excluding carboxylic acids is 1. The van der Waals surface area contributed by atoms with Crippen molar-refractivity contribution in [2.24, 2.45) is 5.92 Å². The molecule has 9 nitrogen and oxygen atoms in total. The molecule has 3 heterocycles. The van der Waals surface area contributed by atoms with Gasteiger partial charge < -0.3 is 19.3 Å². The first kappa shape index (κ1) is 27.7. The largest absolute Gasteiger partial charge is 0.497 e. The summed E-state index contributed by atoms with van der Waals surface area (Å²) in [5, 5.41) is 6.20. The molecule has 40 heavy (non-hydrogen) atoms. The Labute approximate surface area is 239 Å². The topological polar surface area (TPSA) is 85.6 Å². The highest BCUT2D eigenvalue weighted by Gasteiger charge is 2.26. The summed E-state index contributed by atoms with van der Waals surface area (Å²) in [6.07, 6.45) is 4.40. The molecule has 1 saturated heterocycles. The number of nitrogens with zero attached hydrogens (tertiary/aromatic N) is 6. The highest BCUT2D eigenvalue weighted by atomic mass is 35.5. The molecular formula is C30H35ClN6O3. The second-order valence-corrected chi connectivity index (χ2v) is 10.8. The SMILES string of the molecule is COc1ccc(C(=O)N2CCCN(c3nc(CCC(C)C)nc4c3cnn4-c3cccc(Cl)c3)CC2)c(OC)c1. The normalized spacial score (nSPS) is 14.1. The molecule has 1 amide bonds. The quantitative estimate of drug-likeness (QED) is 0.283. The first-order valence-electron chi connectivity index (χ1n) is 13.6. The predicted octanol–water partition coefficient (Wildman–Crippen LogP) is 5.43. The molecule has 2 aromatic heterocycles. The average molecular weight is 563 g/mol. The number of amides is 1. The fourth-order valence-corrected chi connectivity index (χ4v) is 5.17. The molecule has 5 rings (SSSR count). The zero-order valence-electron chi connectivity index (χ0n) is 23.4. The van der Waals surface area contributed by atoms with Gasteiger partial charge in [0, 0.05) is 43.7 Å². The Bertz CT molecular complexity index is 1500. The number of fused-ring (bicyclic) bond motifs is 1. The van der Waals surface area contributed by atoms with E-state index in [-0.39, 0.29) is 5.91 Å². The standard InChI is InChI=1S/C30H35ClN6O3/c1-20(2)9-12-27-33-28(25-19-32-37(29(25)34-27)22-8-5-7-21(31)17-22)35-13-6-14-36(16-15-35)30(38)24-11-10-23(39-3)18-26(24)40-4/h5,7-8,10-11,17-20H,6,9,12-16H2,1-4H3. The Morgan fingerprint density at radius 1 is 1.02 bits per heavy atom. The van der Waals surface area contributed by atoms with Crippen molar-refractivity contribution in [1.82, 2.24) is 24.6 Å². The Balaban J connectivity index is 1.45. The summed E-state index contributed by atoms with van der Waals surface area (Å²) in [6.45, 7) is 7.01. The molecule has 0 bridgehead atoms. The highest BCUT2D eigenvalue weighted by molar-refractivity contribution is 6.30. The van der Waals surface area contributed by atoms with Crippen LogP contribution in [0, 0.1) is 5.92 Å². The summed E-state index contributed by atoms with van der Waals surface area (Å²) >= 11 is 6.29. The van der Waals surface area contributed by atoms with Crippen LogP contribution in [-0.4, -0.2) is 71.0 Å². The van der Waals surface area contributed by atoms with Gasteiger partial charge in [0.05, 0.1) is 37.1 Å². The van der Waals surface area contributed by atoms with E-state index in [1.54, 1.807) is 32.4 Å². The van der Waals surface area contributed by atoms with Crippen LogP contribution in [0.15, 0.2) is 48.7 Å². The van der Waals surface area contributed by atoms with Gasteiger partial charge in [-0.2, -0.15) is 5.10 Å².